The van der Waals surface area contributed by atoms with Gasteiger partial charge in [0, 0.05) is 0 Å². The lowest BCUT2D eigenvalue weighted by molar-refractivity contribution is 0.0539. The number of hydrogen-bond acceptors (Lipinski definition) is 5. The zero-order chi connectivity index (χ0) is 12.8. The van der Waals surface area contributed by atoms with Crippen molar-refractivity contribution < 1.29 is 9.47 Å². The molecule has 1 aromatic rings. The van der Waals surface area contributed by atoms with Crippen LogP contribution in [0.25, 0.3) is 0 Å². The molecular weight excluding hydrogens is 218 g/mol. The monoisotopic (exact) mass is 235 g/mol. The summed E-state index contributed by atoms with van der Waals surface area (Å²) in [4.78, 5) is 0. The van der Waals surface area contributed by atoms with Crippen molar-refractivity contribution >= 4 is 0 Å². The molecule has 0 N–H and O–H groups in total. The summed E-state index contributed by atoms with van der Waals surface area (Å²) in [7, 11) is 0. The third-order valence-corrected chi connectivity index (χ3v) is 2.31. The third-order valence-electron chi connectivity index (χ3n) is 2.31. The molecule has 0 aliphatic carbocycles. The third kappa shape index (κ3) is 3.68. The van der Waals surface area contributed by atoms with Gasteiger partial charge in [-0.05, 0) is 33.3 Å². The van der Waals surface area contributed by atoms with E-state index in [4.69, 9.17) is 14.7 Å². The maximum absolute atomic E-state index is 9.04. The molecule has 0 aliphatic heterocycles. The van der Waals surface area contributed by atoms with E-state index in [-0.39, 0.29) is 12.0 Å². The molecule has 0 aromatic carbocycles. The Hall–Kier alpha value is -1.67. The standard InChI is InChI=1S/C12H17N3O2/c1-8(2)16-5-6-17-12-11(7-13)9(3)10(4)14-15-12/h8H,5-6H2,1-4H3. The van der Waals surface area contributed by atoms with Crippen LogP contribution in [0, 0.1) is 25.2 Å². The Morgan fingerprint density at radius 3 is 2.53 bits per heavy atom. The lowest BCUT2D eigenvalue weighted by Gasteiger charge is -2.10. The van der Waals surface area contributed by atoms with Gasteiger partial charge in [0.05, 0.1) is 18.4 Å². The second kappa shape index (κ2) is 6.16. The highest BCUT2D eigenvalue weighted by Crippen LogP contribution is 2.18. The van der Waals surface area contributed by atoms with Crippen LogP contribution in [0.15, 0.2) is 0 Å². The summed E-state index contributed by atoms with van der Waals surface area (Å²) in [5.41, 5.74) is 2.00. The molecular formula is C12H17N3O2. The van der Waals surface area contributed by atoms with Crippen molar-refractivity contribution in [3.8, 4) is 11.9 Å². The highest BCUT2D eigenvalue weighted by molar-refractivity contribution is 5.44. The fraction of sp³-hybridized carbons (Fsp3) is 0.583. The van der Waals surface area contributed by atoms with Crippen LogP contribution >= 0.6 is 0 Å². The van der Waals surface area contributed by atoms with Crippen molar-refractivity contribution in [2.45, 2.75) is 33.8 Å². The van der Waals surface area contributed by atoms with Crippen molar-refractivity contribution in [1.29, 1.82) is 5.26 Å². The Bertz CT molecular complexity index is 424. The van der Waals surface area contributed by atoms with E-state index in [1.165, 1.54) is 0 Å². The SMILES string of the molecule is Cc1nnc(OCCOC(C)C)c(C#N)c1C. The van der Waals surface area contributed by atoms with Gasteiger partial charge in [-0.3, -0.25) is 0 Å². The second-order valence-corrected chi connectivity index (χ2v) is 3.97. The van der Waals surface area contributed by atoms with Gasteiger partial charge in [0.15, 0.2) is 0 Å². The molecule has 1 heterocycles. The minimum absolute atomic E-state index is 0.167. The van der Waals surface area contributed by atoms with Gasteiger partial charge in [-0.1, -0.05) is 0 Å². The molecule has 0 unspecified atom stereocenters. The van der Waals surface area contributed by atoms with Gasteiger partial charge in [0.1, 0.15) is 18.2 Å². The van der Waals surface area contributed by atoms with Crippen LogP contribution < -0.4 is 4.74 Å². The van der Waals surface area contributed by atoms with E-state index in [9.17, 15) is 0 Å². The molecule has 5 nitrogen and oxygen atoms in total. The van der Waals surface area contributed by atoms with Crippen LogP contribution in [0.4, 0.5) is 0 Å². The fourth-order valence-corrected chi connectivity index (χ4v) is 1.24. The summed E-state index contributed by atoms with van der Waals surface area (Å²) >= 11 is 0. The normalized spacial score (nSPS) is 10.4. The Balaban J connectivity index is 2.66. The number of nitriles is 1. The van der Waals surface area contributed by atoms with Crippen molar-refractivity contribution in [3.63, 3.8) is 0 Å². The molecule has 0 spiro atoms. The summed E-state index contributed by atoms with van der Waals surface area (Å²) in [5, 5.41) is 16.8. The Morgan fingerprint density at radius 2 is 1.94 bits per heavy atom. The van der Waals surface area contributed by atoms with E-state index in [1.54, 1.807) is 0 Å². The first-order valence-electron chi connectivity index (χ1n) is 5.54. The minimum Gasteiger partial charge on any atom is -0.473 e. The van der Waals surface area contributed by atoms with E-state index in [2.05, 4.69) is 16.3 Å². The molecule has 0 saturated carbocycles. The van der Waals surface area contributed by atoms with E-state index in [0.717, 1.165) is 11.3 Å². The molecule has 0 amide bonds. The quantitative estimate of drug-likeness (QED) is 0.727. The molecule has 0 atom stereocenters. The Kier molecular flexibility index (Phi) is 4.85. The van der Waals surface area contributed by atoms with Gasteiger partial charge in [-0.2, -0.15) is 10.4 Å². The molecule has 1 aromatic heterocycles. The molecule has 5 heteroatoms. The van der Waals surface area contributed by atoms with Gasteiger partial charge in [0.2, 0.25) is 0 Å². The zero-order valence-electron chi connectivity index (χ0n) is 10.6. The number of hydrogen-bond donors (Lipinski definition) is 0. The first-order valence-corrected chi connectivity index (χ1v) is 5.54. The topological polar surface area (TPSA) is 68.0 Å². The van der Waals surface area contributed by atoms with Crippen LogP contribution in [-0.2, 0) is 4.74 Å². The molecule has 17 heavy (non-hydrogen) atoms. The fourth-order valence-electron chi connectivity index (χ4n) is 1.24. The average Bonchev–Trinajstić information content (AvgIpc) is 2.29. The number of nitrogens with zero attached hydrogens (tertiary/aromatic N) is 3. The molecule has 0 fully saturated rings. The van der Waals surface area contributed by atoms with Crippen LogP contribution in [0.5, 0.6) is 5.88 Å². The van der Waals surface area contributed by atoms with Crippen molar-refractivity contribution in [2.75, 3.05) is 13.2 Å². The summed E-state index contributed by atoms with van der Waals surface area (Å²) in [6.07, 6.45) is 0.167. The van der Waals surface area contributed by atoms with E-state index in [1.807, 2.05) is 27.7 Å². The smallest absolute Gasteiger partial charge is 0.251 e. The summed E-state index contributed by atoms with van der Waals surface area (Å²) in [5.74, 6) is 0.281. The minimum atomic E-state index is 0.167. The van der Waals surface area contributed by atoms with Crippen molar-refractivity contribution in [1.82, 2.24) is 10.2 Å². The maximum atomic E-state index is 9.04. The predicted octanol–water partition coefficient (Wildman–Crippen LogP) is 1.77. The largest absolute Gasteiger partial charge is 0.473 e. The van der Waals surface area contributed by atoms with Crippen LogP contribution in [0.2, 0.25) is 0 Å². The maximum Gasteiger partial charge on any atom is 0.251 e. The van der Waals surface area contributed by atoms with Gasteiger partial charge in [-0.15, -0.1) is 5.10 Å². The van der Waals surface area contributed by atoms with E-state index in [0.29, 0.717) is 18.8 Å². The van der Waals surface area contributed by atoms with E-state index < -0.39 is 0 Å². The molecule has 92 valence electrons. The highest BCUT2D eigenvalue weighted by Gasteiger charge is 2.11. The molecule has 0 bridgehead atoms. The first kappa shape index (κ1) is 13.4. The second-order valence-electron chi connectivity index (χ2n) is 3.97. The Morgan fingerprint density at radius 1 is 1.24 bits per heavy atom. The predicted molar refractivity (Wildman–Crippen MR) is 62.8 cm³/mol. The molecule has 0 aliphatic rings. The average molecular weight is 235 g/mol. The van der Waals surface area contributed by atoms with Gasteiger partial charge < -0.3 is 9.47 Å². The van der Waals surface area contributed by atoms with Crippen molar-refractivity contribution in [2.24, 2.45) is 0 Å². The number of ether oxygens (including phenoxy) is 2. The van der Waals surface area contributed by atoms with Gasteiger partial charge in [0.25, 0.3) is 5.88 Å². The van der Waals surface area contributed by atoms with Crippen LogP contribution in [0.1, 0.15) is 30.7 Å². The highest BCUT2D eigenvalue weighted by atomic mass is 16.5. The lowest BCUT2D eigenvalue weighted by atomic mass is 10.1. The van der Waals surface area contributed by atoms with Crippen LogP contribution in [-0.4, -0.2) is 29.5 Å². The van der Waals surface area contributed by atoms with Gasteiger partial charge in [-0.25, -0.2) is 0 Å². The molecule has 0 radical (unpaired) electrons. The molecule has 0 saturated heterocycles. The number of aromatic nitrogens is 2. The summed E-state index contributed by atoms with van der Waals surface area (Å²) in [6, 6.07) is 2.09. The summed E-state index contributed by atoms with van der Waals surface area (Å²) in [6.45, 7) is 8.39. The first-order chi connectivity index (χ1) is 8.06. The lowest BCUT2D eigenvalue weighted by Crippen LogP contribution is -2.13. The van der Waals surface area contributed by atoms with Gasteiger partial charge >= 0.3 is 0 Å². The van der Waals surface area contributed by atoms with Crippen molar-refractivity contribution in [3.05, 3.63) is 16.8 Å². The van der Waals surface area contributed by atoms with Crippen LogP contribution in [0.3, 0.4) is 0 Å². The zero-order valence-corrected chi connectivity index (χ0v) is 10.6. The Labute approximate surface area is 101 Å². The summed E-state index contributed by atoms with van der Waals surface area (Å²) < 4.78 is 10.7. The molecule has 1 rings (SSSR count). The number of aryl methyl sites for hydroxylation is 1. The van der Waals surface area contributed by atoms with E-state index >= 15 is 0 Å². The number of rotatable bonds is 5.